The van der Waals surface area contributed by atoms with Crippen LogP contribution >= 0.6 is 11.3 Å². The SMILES string of the molecule is O=C(Nc1cc(-c2cccs2)[nH]n1)c1ccc(N2CCOCC2)cc1. The normalized spacial score (nSPS) is 14.5. The van der Waals surface area contributed by atoms with E-state index in [0.29, 0.717) is 11.4 Å². The molecular weight excluding hydrogens is 336 g/mol. The Kier molecular flexibility index (Phi) is 4.49. The summed E-state index contributed by atoms with van der Waals surface area (Å²) in [6.07, 6.45) is 0. The number of morpholine rings is 1. The smallest absolute Gasteiger partial charge is 0.256 e. The summed E-state index contributed by atoms with van der Waals surface area (Å²) in [5.74, 6) is 0.350. The van der Waals surface area contributed by atoms with E-state index in [2.05, 4.69) is 20.4 Å². The summed E-state index contributed by atoms with van der Waals surface area (Å²) >= 11 is 1.62. The van der Waals surface area contributed by atoms with Gasteiger partial charge in [-0.3, -0.25) is 9.89 Å². The summed E-state index contributed by atoms with van der Waals surface area (Å²) in [7, 11) is 0. The number of aromatic nitrogens is 2. The number of aromatic amines is 1. The average Bonchev–Trinajstić information content (AvgIpc) is 3.34. The second-order valence-electron chi connectivity index (χ2n) is 5.74. The number of nitrogens with one attached hydrogen (secondary N) is 2. The molecule has 6 nitrogen and oxygen atoms in total. The van der Waals surface area contributed by atoms with Crippen LogP contribution < -0.4 is 10.2 Å². The van der Waals surface area contributed by atoms with Crippen molar-refractivity contribution in [2.45, 2.75) is 0 Å². The van der Waals surface area contributed by atoms with Crippen molar-refractivity contribution in [3.63, 3.8) is 0 Å². The second kappa shape index (κ2) is 7.08. The van der Waals surface area contributed by atoms with Crippen LogP contribution in [0.25, 0.3) is 10.6 Å². The standard InChI is InChI=1S/C18H18N4O2S/c23-18(19-17-12-15(20-21-17)16-2-1-11-25-16)13-3-5-14(6-4-13)22-7-9-24-10-8-22/h1-6,11-12H,7-10H2,(H2,19,20,21,23). The van der Waals surface area contributed by atoms with Gasteiger partial charge in [0.1, 0.15) is 0 Å². The Hall–Kier alpha value is -2.64. The summed E-state index contributed by atoms with van der Waals surface area (Å²) in [5.41, 5.74) is 2.62. The Morgan fingerprint density at radius 2 is 2.00 bits per heavy atom. The summed E-state index contributed by atoms with van der Waals surface area (Å²) in [5, 5.41) is 11.9. The van der Waals surface area contributed by atoms with Crippen LogP contribution in [-0.4, -0.2) is 42.4 Å². The first-order chi connectivity index (χ1) is 12.3. The summed E-state index contributed by atoms with van der Waals surface area (Å²) < 4.78 is 5.36. The van der Waals surface area contributed by atoms with Crippen molar-refractivity contribution in [2.75, 3.05) is 36.5 Å². The fourth-order valence-corrected chi connectivity index (χ4v) is 3.47. The number of anilines is 2. The van der Waals surface area contributed by atoms with Crippen molar-refractivity contribution >= 4 is 28.7 Å². The molecule has 1 aliphatic heterocycles. The molecule has 2 N–H and O–H groups in total. The van der Waals surface area contributed by atoms with Crippen LogP contribution in [0.3, 0.4) is 0 Å². The maximum absolute atomic E-state index is 12.4. The van der Waals surface area contributed by atoms with Gasteiger partial charge in [-0.25, -0.2) is 0 Å². The lowest BCUT2D eigenvalue weighted by Crippen LogP contribution is -2.36. The van der Waals surface area contributed by atoms with E-state index in [-0.39, 0.29) is 5.91 Å². The molecule has 7 heteroatoms. The van der Waals surface area contributed by atoms with Crippen molar-refractivity contribution in [2.24, 2.45) is 0 Å². The second-order valence-corrected chi connectivity index (χ2v) is 6.69. The first kappa shape index (κ1) is 15.9. The number of hydrogen-bond donors (Lipinski definition) is 2. The molecule has 128 valence electrons. The van der Waals surface area contributed by atoms with E-state index in [1.807, 2.05) is 47.8 Å². The maximum atomic E-state index is 12.4. The predicted molar refractivity (Wildman–Crippen MR) is 99.3 cm³/mol. The average molecular weight is 354 g/mol. The van der Waals surface area contributed by atoms with Gasteiger partial charge in [-0.05, 0) is 35.7 Å². The molecule has 25 heavy (non-hydrogen) atoms. The van der Waals surface area contributed by atoms with Crippen LogP contribution in [0.15, 0.2) is 47.8 Å². The van der Waals surface area contributed by atoms with Crippen molar-refractivity contribution in [3.05, 3.63) is 53.4 Å². The number of benzene rings is 1. The highest BCUT2D eigenvalue weighted by atomic mass is 32.1. The molecule has 0 spiro atoms. The Labute approximate surface area is 149 Å². The molecule has 0 aliphatic carbocycles. The topological polar surface area (TPSA) is 70.2 Å². The van der Waals surface area contributed by atoms with Crippen LogP contribution in [0.5, 0.6) is 0 Å². The Bertz CT molecular complexity index is 836. The number of rotatable bonds is 4. The van der Waals surface area contributed by atoms with E-state index in [1.54, 1.807) is 11.3 Å². The number of thiophene rings is 1. The Balaban J connectivity index is 1.42. The van der Waals surface area contributed by atoms with E-state index >= 15 is 0 Å². The molecule has 1 fully saturated rings. The molecule has 3 aromatic rings. The van der Waals surface area contributed by atoms with Crippen LogP contribution in [0.4, 0.5) is 11.5 Å². The van der Waals surface area contributed by atoms with Crippen LogP contribution in [-0.2, 0) is 4.74 Å². The zero-order valence-corrected chi connectivity index (χ0v) is 14.4. The molecule has 0 saturated carbocycles. The van der Waals surface area contributed by atoms with Gasteiger partial charge in [-0.15, -0.1) is 11.3 Å². The van der Waals surface area contributed by atoms with Crippen LogP contribution in [0.1, 0.15) is 10.4 Å². The van der Waals surface area contributed by atoms with Crippen LogP contribution in [0.2, 0.25) is 0 Å². The molecular formula is C18H18N4O2S. The van der Waals surface area contributed by atoms with Gasteiger partial charge in [0.2, 0.25) is 0 Å². The van der Waals surface area contributed by atoms with E-state index in [0.717, 1.165) is 42.6 Å². The summed E-state index contributed by atoms with van der Waals surface area (Å²) in [4.78, 5) is 15.7. The number of H-pyrrole nitrogens is 1. The highest BCUT2D eigenvalue weighted by Gasteiger charge is 2.13. The molecule has 1 amide bonds. The van der Waals surface area contributed by atoms with Gasteiger partial charge in [-0.2, -0.15) is 5.10 Å². The largest absolute Gasteiger partial charge is 0.378 e. The van der Waals surface area contributed by atoms with Gasteiger partial charge in [0.15, 0.2) is 5.82 Å². The molecule has 4 rings (SSSR count). The number of amides is 1. The van der Waals surface area contributed by atoms with Gasteiger partial charge >= 0.3 is 0 Å². The van der Waals surface area contributed by atoms with E-state index in [9.17, 15) is 4.79 Å². The number of ether oxygens (including phenoxy) is 1. The third kappa shape index (κ3) is 3.57. The van der Waals surface area contributed by atoms with Gasteiger partial charge < -0.3 is 15.0 Å². The lowest BCUT2D eigenvalue weighted by Gasteiger charge is -2.28. The minimum Gasteiger partial charge on any atom is -0.378 e. The Morgan fingerprint density at radius 3 is 2.72 bits per heavy atom. The molecule has 1 aliphatic rings. The highest BCUT2D eigenvalue weighted by molar-refractivity contribution is 7.13. The highest BCUT2D eigenvalue weighted by Crippen LogP contribution is 2.24. The van der Waals surface area contributed by atoms with Crippen molar-refractivity contribution < 1.29 is 9.53 Å². The van der Waals surface area contributed by atoms with E-state index in [4.69, 9.17) is 4.74 Å². The van der Waals surface area contributed by atoms with Gasteiger partial charge in [-0.1, -0.05) is 6.07 Å². The zero-order valence-electron chi connectivity index (χ0n) is 13.6. The molecule has 3 heterocycles. The van der Waals surface area contributed by atoms with Gasteiger partial charge in [0.05, 0.1) is 23.8 Å². The molecule has 0 radical (unpaired) electrons. The van der Waals surface area contributed by atoms with Crippen molar-refractivity contribution in [1.29, 1.82) is 0 Å². The lowest BCUT2D eigenvalue weighted by atomic mass is 10.1. The molecule has 0 atom stereocenters. The third-order valence-electron chi connectivity index (χ3n) is 4.11. The number of hydrogen-bond acceptors (Lipinski definition) is 5. The first-order valence-corrected chi connectivity index (χ1v) is 9.01. The number of carbonyl (C=O) groups is 1. The van der Waals surface area contributed by atoms with Gasteiger partial charge in [0, 0.05) is 30.4 Å². The third-order valence-corrected chi connectivity index (χ3v) is 5.01. The number of nitrogens with zero attached hydrogens (tertiary/aromatic N) is 2. The zero-order chi connectivity index (χ0) is 17.1. The van der Waals surface area contributed by atoms with Crippen LogP contribution in [0, 0.1) is 0 Å². The molecule has 0 unspecified atom stereocenters. The van der Waals surface area contributed by atoms with Gasteiger partial charge in [0.25, 0.3) is 5.91 Å². The molecule has 2 aromatic heterocycles. The van der Waals surface area contributed by atoms with Crippen molar-refractivity contribution in [3.8, 4) is 10.6 Å². The molecule has 1 aromatic carbocycles. The first-order valence-electron chi connectivity index (χ1n) is 8.13. The minimum absolute atomic E-state index is 0.169. The predicted octanol–water partition coefficient (Wildman–Crippen LogP) is 3.23. The van der Waals surface area contributed by atoms with E-state index < -0.39 is 0 Å². The molecule has 0 bridgehead atoms. The number of carbonyl (C=O) groups excluding carboxylic acids is 1. The quantitative estimate of drug-likeness (QED) is 0.755. The van der Waals surface area contributed by atoms with E-state index in [1.165, 1.54) is 0 Å². The summed E-state index contributed by atoms with van der Waals surface area (Å²) in [6, 6.07) is 13.5. The summed E-state index contributed by atoms with van der Waals surface area (Å²) in [6.45, 7) is 3.25. The molecule has 1 saturated heterocycles. The fourth-order valence-electron chi connectivity index (χ4n) is 2.78. The monoisotopic (exact) mass is 354 g/mol. The maximum Gasteiger partial charge on any atom is 0.256 e. The fraction of sp³-hybridized carbons (Fsp3) is 0.222. The van der Waals surface area contributed by atoms with Crippen molar-refractivity contribution in [1.82, 2.24) is 10.2 Å². The minimum atomic E-state index is -0.169. The lowest BCUT2D eigenvalue weighted by molar-refractivity contribution is 0.102. The Morgan fingerprint density at radius 1 is 1.20 bits per heavy atom.